The van der Waals surface area contributed by atoms with E-state index in [1.165, 1.54) is 11.1 Å². The van der Waals surface area contributed by atoms with Crippen molar-refractivity contribution in [2.24, 2.45) is 0 Å². The van der Waals surface area contributed by atoms with Gasteiger partial charge in [-0.3, -0.25) is 4.90 Å². The van der Waals surface area contributed by atoms with E-state index in [1.807, 2.05) is 36.4 Å². The molecule has 0 amide bonds. The zero-order chi connectivity index (χ0) is 17.7. The van der Waals surface area contributed by atoms with Crippen LogP contribution in [0.3, 0.4) is 0 Å². The number of benzene rings is 2. The van der Waals surface area contributed by atoms with Crippen LogP contribution in [-0.2, 0) is 9.84 Å². The quantitative estimate of drug-likeness (QED) is 0.669. The molecule has 0 unspecified atom stereocenters. The standard InChI is InChI=1S/C21H27NO2S/c1-2-3-10-15-25(23,24)20-16-22(17-20)21(18-11-6-4-7-12-18)19-13-8-5-9-14-19/h4-9,11-14,20-21H,2-3,10,15-17H2,1H3. The van der Waals surface area contributed by atoms with Gasteiger partial charge in [0.2, 0.25) is 0 Å². The molecule has 1 aliphatic heterocycles. The fourth-order valence-corrected chi connectivity index (χ4v) is 5.29. The Labute approximate surface area is 151 Å². The van der Waals surface area contributed by atoms with E-state index in [4.69, 9.17) is 0 Å². The highest BCUT2D eigenvalue weighted by Gasteiger charge is 2.40. The molecule has 0 N–H and O–H groups in total. The van der Waals surface area contributed by atoms with Crippen molar-refractivity contribution in [2.75, 3.05) is 18.8 Å². The van der Waals surface area contributed by atoms with E-state index in [0.29, 0.717) is 18.8 Å². The summed E-state index contributed by atoms with van der Waals surface area (Å²) < 4.78 is 25.0. The highest BCUT2D eigenvalue weighted by Crippen LogP contribution is 2.34. The maximum atomic E-state index is 12.5. The van der Waals surface area contributed by atoms with E-state index in [2.05, 4.69) is 36.1 Å². The molecule has 2 aromatic rings. The smallest absolute Gasteiger partial charge is 0.155 e. The van der Waals surface area contributed by atoms with Crippen LogP contribution in [0.5, 0.6) is 0 Å². The van der Waals surface area contributed by atoms with Crippen molar-refractivity contribution >= 4 is 9.84 Å². The Morgan fingerprint density at radius 3 is 1.92 bits per heavy atom. The van der Waals surface area contributed by atoms with Crippen molar-refractivity contribution in [1.29, 1.82) is 0 Å². The molecule has 1 saturated heterocycles. The van der Waals surface area contributed by atoms with Gasteiger partial charge in [0, 0.05) is 13.1 Å². The molecule has 0 atom stereocenters. The maximum absolute atomic E-state index is 12.5. The highest BCUT2D eigenvalue weighted by molar-refractivity contribution is 7.92. The lowest BCUT2D eigenvalue weighted by Gasteiger charge is -2.44. The highest BCUT2D eigenvalue weighted by atomic mass is 32.2. The minimum Gasteiger partial charge on any atom is -0.290 e. The van der Waals surface area contributed by atoms with Crippen molar-refractivity contribution < 1.29 is 8.42 Å². The largest absolute Gasteiger partial charge is 0.290 e. The van der Waals surface area contributed by atoms with Gasteiger partial charge in [0.15, 0.2) is 9.84 Å². The van der Waals surface area contributed by atoms with Crippen molar-refractivity contribution in [3.63, 3.8) is 0 Å². The van der Waals surface area contributed by atoms with Crippen LogP contribution in [0.1, 0.15) is 43.4 Å². The molecule has 0 spiro atoms. The van der Waals surface area contributed by atoms with Crippen LogP contribution in [0, 0.1) is 0 Å². The summed E-state index contributed by atoms with van der Waals surface area (Å²) >= 11 is 0. The number of hydrogen-bond acceptors (Lipinski definition) is 3. The van der Waals surface area contributed by atoms with Gasteiger partial charge in [-0.1, -0.05) is 80.4 Å². The summed E-state index contributed by atoms with van der Waals surface area (Å²) in [6.07, 6.45) is 2.83. The van der Waals surface area contributed by atoms with Gasteiger partial charge in [-0.25, -0.2) is 8.42 Å². The number of rotatable bonds is 8. The maximum Gasteiger partial charge on any atom is 0.155 e. The lowest BCUT2D eigenvalue weighted by atomic mass is 9.94. The van der Waals surface area contributed by atoms with Gasteiger partial charge in [-0.2, -0.15) is 0 Å². The first-order chi connectivity index (χ1) is 12.1. The zero-order valence-corrected chi connectivity index (χ0v) is 15.7. The van der Waals surface area contributed by atoms with Crippen LogP contribution in [0.2, 0.25) is 0 Å². The molecule has 0 radical (unpaired) electrons. The van der Waals surface area contributed by atoms with Crippen molar-refractivity contribution in [1.82, 2.24) is 4.90 Å². The first-order valence-corrected chi connectivity index (χ1v) is 10.9. The number of hydrogen-bond donors (Lipinski definition) is 0. The SMILES string of the molecule is CCCCCS(=O)(=O)C1CN(C(c2ccccc2)c2ccccc2)C1. The van der Waals surface area contributed by atoms with Crippen LogP contribution in [0.15, 0.2) is 60.7 Å². The summed E-state index contributed by atoms with van der Waals surface area (Å²) in [5.74, 6) is 0.334. The van der Waals surface area contributed by atoms with Gasteiger partial charge in [0.1, 0.15) is 0 Å². The molecular weight excluding hydrogens is 330 g/mol. The first kappa shape index (κ1) is 18.2. The molecule has 3 nitrogen and oxygen atoms in total. The molecule has 0 bridgehead atoms. The van der Waals surface area contributed by atoms with Crippen molar-refractivity contribution in [3.05, 3.63) is 71.8 Å². The number of sulfone groups is 1. The van der Waals surface area contributed by atoms with E-state index in [1.54, 1.807) is 0 Å². The third kappa shape index (κ3) is 4.31. The molecule has 1 fully saturated rings. The lowest BCUT2D eigenvalue weighted by molar-refractivity contribution is 0.144. The second-order valence-corrected chi connectivity index (χ2v) is 9.27. The van der Waals surface area contributed by atoms with Gasteiger partial charge in [-0.05, 0) is 17.5 Å². The van der Waals surface area contributed by atoms with E-state index in [9.17, 15) is 8.42 Å². The average molecular weight is 358 g/mol. The summed E-state index contributed by atoms with van der Waals surface area (Å²) in [6.45, 7) is 3.36. The summed E-state index contributed by atoms with van der Waals surface area (Å²) in [7, 11) is -2.97. The summed E-state index contributed by atoms with van der Waals surface area (Å²) in [6, 6.07) is 20.8. The third-order valence-electron chi connectivity index (χ3n) is 5.01. The van der Waals surface area contributed by atoms with Gasteiger partial charge < -0.3 is 0 Å². The number of likely N-dealkylation sites (tertiary alicyclic amines) is 1. The van der Waals surface area contributed by atoms with Crippen LogP contribution in [-0.4, -0.2) is 37.4 Å². The molecule has 4 heteroatoms. The topological polar surface area (TPSA) is 37.4 Å². The fraction of sp³-hybridized carbons (Fsp3) is 0.429. The molecule has 0 aromatic heterocycles. The van der Waals surface area contributed by atoms with Crippen molar-refractivity contribution in [3.8, 4) is 0 Å². The summed E-state index contributed by atoms with van der Waals surface area (Å²) in [5.41, 5.74) is 2.44. The van der Waals surface area contributed by atoms with Gasteiger partial charge in [0.05, 0.1) is 17.0 Å². The Bertz CT molecular complexity index is 713. The van der Waals surface area contributed by atoms with E-state index < -0.39 is 9.84 Å². The molecule has 3 rings (SSSR count). The van der Waals surface area contributed by atoms with Gasteiger partial charge in [-0.15, -0.1) is 0 Å². The molecule has 0 aliphatic carbocycles. The Balaban J connectivity index is 1.73. The van der Waals surface area contributed by atoms with E-state index in [-0.39, 0.29) is 11.3 Å². The second-order valence-electron chi connectivity index (χ2n) is 6.87. The average Bonchev–Trinajstić information content (AvgIpc) is 2.59. The third-order valence-corrected chi connectivity index (χ3v) is 7.18. The Kier molecular flexibility index (Phi) is 5.92. The van der Waals surface area contributed by atoms with Crippen LogP contribution >= 0.6 is 0 Å². The fourth-order valence-electron chi connectivity index (χ4n) is 3.51. The molecule has 0 saturated carbocycles. The predicted octanol–water partition coefficient (Wildman–Crippen LogP) is 4.07. The Morgan fingerprint density at radius 1 is 0.920 bits per heavy atom. The molecule has 134 valence electrons. The molecule has 1 aliphatic rings. The Morgan fingerprint density at radius 2 is 1.44 bits per heavy atom. The van der Waals surface area contributed by atoms with E-state index >= 15 is 0 Å². The number of nitrogens with zero attached hydrogens (tertiary/aromatic N) is 1. The molecule has 25 heavy (non-hydrogen) atoms. The second kappa shape index (κ2) is 8.15. The van der Waals surface area contributed by atoms with Crippen molar-refractivity contribution in [2.45, 2.75) is 37.5 Å². The van der Waals surface area contributed by atoms with Gasteiger partial charge >= 0.3 is 0 Å². The van der Waals surface area contributed by atoms with E-state index in [0.717, 1.165) is 19.3 Å². The normalized spacial score (nSPS) is 16.1. The summed E-state index contributed by atoms with van der Waals surface area (Å²) in [4.78, 5) is 2.28. The first-order valence-electron chi connectivity index (χ1n) is 9.17. The minimum atomic E-state index is -2.97. The van der Waals surface area contributed by atoms with Gasteiger partial charge in [0.25, 0.3) is 0 Å². The number of unbranched alkanes of at least 4 members (excludes halogenated alkanes) is 2. The zero-order valence-electron chi connectivity index (χ0n) is 14.8. The predicted molar refractivity (Wildman–Crippen MR) is 103 cm³/mol. The lowest BCUT2D eigenvalue weighted by Crippen LogP contribution is -2.56. The van der Waals surface area contributed by atoms with Crippen LogP contribution < -0.4 is 0 Å². The minimum absolute atomic E-state index is 0.129. The molecular formula is C21H27NO2S. The molecule has 1 heterocycles. The van der Waals surface area contributed by atoms with Crippen LogP contribution in [0.25, 0.3) is 0 Å². The van der Waals surface area contributed by atoms with Crippen LogP contribution in [0.4, 0.5) is 0 Å². The monoisotopic (exact) mass is 357 g/mol. The Hall–Kier alpha value is -1.65. The summed E-state index contributed by atoms with van der Waals surface area (Å²) in [5, 5.41) is -0.209. The molecule has 2 aromatic carbocycles.